The summed E-state index contributed by atoms with van der Waals surface area (Å²) in [7, 11) is 0. The van der Waals surface area contributed by atoms with E-state index in [1.165, 1.54) is 20.3 Å². The lowest BCUT2D eigenvalue weighted by Gasteiger charge is -2.05. The van der Waals surface area contributed by atoms with Gasteiger partial charge in [0.05, 0.1) is 25.4 Å². The molecule has 0 aliphatic carbocycles. The molecule has 0 amide bonds. The summed E-state index contributed by atoms with van der Waals surface area (Å²) < 4.78 is 13.8. The summed E-state index contributed by atoms with van der Waals surface area (Å²) in [5.74, 6) is -2.22. The van der Waals surface area contributed by atoms with Crippen molar-refractivity contribution < 1.29 is 59.3 Å². The highest BCUT2D eigenvalue weighted by Gasteiger charge is 2.18. The number of ether oxygens (including phenoxy) is 3. The normalized spacial score (nSPS) is 12.5. The topological polar surface area (TPSA) is 212 Å². The zero-order chi connectivity index (χ0) is 25.8. The molecule has 2 atom stereocenters. The van der Waals surface area contributed by atoms with E-state index in [0.29, 0.717) is 19.1 Å². The van der Waals surface area contributed by atoms with E-state index in [2.05, 4.69) is 16.4 Å². The van der Waals surface area contributed by atoms with E-state index in [9.17, 15) is 9.59 Å². The highest BCUT2D eigenvalue weighted by Crippen LogP contribution is 2.10. The maximum atomic E-state index is 10.1. The minimum absolute atomic E-state index is 0. The molecule has 0 radical (unpaired) electrons. The molecule has 0 saturated carbocycles. The Balaban J connectivity index is -0.0000000656. The van der Waals surface area contributed by atoms with Crippen LogP contribution in [-0.4, -0.2) is 88.4 Å². The van der Waals surface area contributed by atoms with Crippen LogP contribution in [0.15, 0.2) is 0 Å². The molecule has 1 rings (SSSR count). The standard InChI is InChI=1S/C6H12O3.C4H8O2.C4H8O.2C2H4O2.C2H6O.H2O/c1-3-6(8)4-9-5(2)7;1-3-6-4(2)5;1-2-4-3-5-4;2*1-2(3)4;1-2-3;/h6,8H,3-4H2,1-2H3;3H2,1-2H3;4H,2-3H2,1H3;2*1H3,(H,3,4);3H,2H2,1H3;1H2. The molecule has 6 N–H and O–H groups in total. The molecule has 1 saturated heterocycles. The van der Waals surface area contributed by atoms with Crippen molar-refractivity contribution in [2.24, 2.45) is 0 Å². The summed E-state index contributed by atoms with van der Waals surface area (Å²) in [5.41, 5.74) is 0. The van der Waals surface area contributed by atoms with E-state index in [-0.39, 0.29) is 30.6 Å². The van der Waals surface area contributed by atoms with Crippen LogP contribution in [0.25, 0.3) is 0 Å². The van der Waals surface area contributed by atoms with Gasteiger partial charge in [-0.25, -0.2) is 0 Å². The lowest BCUT2D eigenvalue weighted by Crippen LogP contribution is -2.15. The van der Waals surface area contributed by atoms with Gasteiger partial charge in [-0.15, -0.1) is 0 Å². The number of aliphatic hydroxyl groups is 2. The maximum absolute atomic E-state index is 10.1. The van der Waals surface area contributed by atoms with Crippen molar-refractivity contribution in [1.82, 2.24) is 0 Å². The van der Waals surface area contributed by atoms with Crippen molar-refractivity contribution in [2.75, 3.05) is 26.4 Å². The number of aliphatic hydroxyl groups excluding tert-OH is 2. The smallest absolute Gasteiger partial charge is 0.302 e. The molecule has 12 heteroatoms. The molecule has 1 aliphatic heterocycles. The maximum Gasteiger partial charge on any atom is 0.302 e. The number of hydrogen-bond donors (Lipinski definition) is 4. The highest BCUT2D eigenvalue weighted by atomic mass is 16.6. The summed E-state index contributed by atoms with van der Waals surface area (Å²) >= 11 is 0. The number of aliphatic carboxylic acids is 2. The summed E-state index contributed by atoms with van der Waals surface area (Å²) in [6.07, 6.45) is 1.94. The van der Waals surface area contributed by atoms with Gasteiger partial charge in [-0.1, -0.05) is 13.8 Å². The van der Waals surface area contributed by atoms with Crippen molar-refractivity contribution >= 4 is 23.9 Å². The Bertz CT molecular complexity index is 403. The van der Waals surface area contributed by atoms with E-state index in [0.717, 1.165) is 20.5 Å². The average molecular weight is 477 g/mol. The molecule has 0 bridgehead atoms. The van der Waals surface area contributed by atoms with Crippen LogP contribution in [0.4, 0.5) is 0 Å². The number of epoxide rings is 1. The summed E-state index contributed by atoms with van der Waals surface area (Å²) in [6.45, 7) is 14.2. The molecule has 0 spiro atoms. The average Bonchev–Trinajstić information content (AvgIpc) is 3.45. The Labute approximate surface area is 190 Å². The molecular formula is C20H44O12. The molecule has 196 valence electrons. The summed E-state index contributed by atoms with van der Waals surface area (Å²) in [5, 5.41) is 31.2. The van der Waals surface area contributed by atoms with Gasteiger partial charge in [-0.3, -0.25) is 19.2 Å². The molecule has 0 aromatic heterocycles. The second-order valence-electron chi connectivity index (χ2n) is 5.51. The predicted molar refractivity (Wildman–Crippen MR) is 118 cm³/mol. The minimum Gasteiger partial charge on any atom is -0.481 e. The van der Waals surface area contributed by atoms with Crippen LogP contribution < -0.4 is 0 Å². The van der Waals surface area contributed by atoms with Crippen LogP contribution in [0, 0.1) is 0 Å². The van der Waals surface area contributed by atoms with E-state index in [1.54, 1.807) is 13.8 Å². The number of carbonyl (C=O) groups is 4. The Hall–Kier alpha value is -2.28. The quantitative estimate of drug-likeness (QED) is 0.325. The molecule has 1 heterocycles. The van der Waals surface area contributed by atoms with Crippen molar-refractivity contribution in [3.8, 4) is 0 Å². The summed E-state index contributed by atoms with van der Waals surface area (Å²) in [4.78, 5) is 38.0. The number of carboxylic acid groups (broad SMARTS) is 2. The van der Waals surface area contributed by atoms with Crippen molar-refractivity contribution in [1.29, 1.82) is 0 Å². The fourth-order valence-corrected chi connectivity index (χ4v) is 0.838. The number of hydrogen-bond acceptors (Lipinski definition) is 9. The molecule has 0 aromatic carbocycles. The Morgan fingerprint density at radius 1 is 0.906 bits per heavy atom. The first-order valence-electron chi connectivity index (χ1n) is 9.81. The van der Waals surface area contributed by atoms with Gasteiger partial charge in [0.15, 0.2) is 0 Å². The third-order valence-electron chi connectivity index (χ3n) is 2.16. The Kier molecular flexibility index (Phi) is 49.2. The zero-order valence-electron chi connectivity index (χ0n) is 20.5. The van der Waals surface area contributed by atoms with E-state index in [4.69, 9.17) is 34.8 Å². The molecule has 32 heavy (non-hydrogen) atoms. The summed E-state index contributed by atoms with van der Waals surface area (Å²) in [6, 6.07) is 0. The van der Waals surface area contributed by atoms with Gasteiger partial charge in [0.1, 0.15) is 6.61 Å². The first-order chi connectivity index (χ1) is 14.2. The predicted octanol–water partition coefficient (Wildman–Crippen LogP) is 1.04. The lowest BCUT2D eigenvalue weighted by molar-refractivity contribution is -0.144. The number of esters is 2. The van der Waals surface area contributed by atoms with Gasteiger partial charge < -0.3 is 40.1 Å². The molecule has 2 unspecified atom stereocenters. The van der Waals surface area contributed by atoms with Crippen molar-refractivity contribution in [2.45, 2.75) is 80.4 Å². The van der Waals surface area contributed by atoms with E-state index in [1.807, 2.05) is 6.92 Å². The minimum atomic E-state index is -0.833. The molecule has 12 nitrogen and oxygen atoms in total. The van der Waals surface area contributed by atoms with Crippen LogP contribution >= 0.6 is 0 Å². The van der Waals surface area contributed by atoms with Crippen LogP contribution in [0.1, 0.15) is 68.2 Å². The van der Waals surface area contributed by atoms with Crippen LogP contribution in [-0.2, 0) is 33.4 Å². The third kappa shape index (κ3) is 122. The molecule has 1 aliphatic rings. The lowest BCUT2D eigenvalue weighted by atomic mass is 10.3. The first kappa shape index (κ1) is 43.6. The number of carboxylic acids is 2. The van der Waals surface area contributed by atoms with Crippen molar-refractivity contribution in [3.05, 3.63) is 0 Å². The Morgan fingerprint density at radius 2 is 1.22 bits per heavy atom. The number of rotatable bonds is 5. The van der Waals surface area contributed by atoms with Gasteiger partial charge >= 0.3 is 11.9 Å². The van der Waals surface area contributed by atoms with Crippen LogP contribution in [0.2, 0.25) is 0 Å². The zero-order valence-corrected chi connectivity index (χ0v) is 20.5. The fourth-order valence-electron chi connectivity index (χ4n) is 0.838. The monoisotopic (exact) mass is 476 g/mol. The largest absolute Gasteiger partial charge is 0.481 e. The fraction of sp³-hybridized carbons (Fsp3) is 0.800. The second kappa shape index (κ2) is 36.1. The van der Waals surface area contributed by atoms with Gasteiger partial charge in [-0.05, 0) is 26.7 Å². The van der Waals surface area contributed by atoms with Crippen molar-refractivity contribution in [3.63, 3.8) is 0 Å². The molecule has 1 fully saturated rings. The highest BCUT2D eigenvalue weighted by molar-refractivity contribution is 5.66. The number of carbonyl (C=O) groups excluding carboxylic acids is 2. The van der Waals surface area contributed by atoms with Gasteiger partial charge in [0, 0.05) is 34.3 Å². The first-order valence-corrected chi connectivity index (χ1v) is 9.81. The Morgan fingerprint density at radius 3 is 1.31 bits per heavy atom. The molecule has 0 aromatic rings. The van der Waals surface area contributed by atoms with Gasteiger partial charge in [0.2, 0.25) is 0 Å². The van der Waals surface area contributed by atoms with E-state index >= 15 is 0 Å². The van der Waals surface area contributed by atoms with Gasteiger partial charge in [-0.2, -0.15) is 0 Å². The van der Waals surface area contributed by atoms with Gasteiger partial charge in [0.25, 0.3) is 11.9 Å². The van der Waals surface area contributed by atoms with Crippen LogP contribution in [0.3, 0.4) is 0 Å². The molecular weight excluding hydrogens is 432 g/mol. The van der Waals surface area contributed by atoms with E-state index < -0.39 is 18.0 Å². The second-order valence-corrected chi connectivity index (χ2v) is 5.51. The van der Waals surface area contributed by atoms with Crippen LogP contribution in [0.5, 0.6) is 0 Å². The SMILES string of the molecule is CC(=O)O.CC(=O)O.CCC(O)COC(C)=O.CCC1CO1.CCO.CCOC(C)=O.O. The third-order valence-corrected chi connectivity index (χ3v) is 2.16.